The Balaban J connectivity index is 2.21. The lowest BCUT2D eigenvalue weighted by Crippen LogP contribution is -1.93. The molecule has 0 saturated heterocycles. The quantitative estimate of drug-likeness (QED) is 0.616. The van der Waals surface area contributed by atoms with Gasteiger partial charge < -0.3 is 4.74 Å². The van der Waals surface area contributed by atoms with Crippen LogP contribution in [0, 0.1) is 11.8 Å². The average Bonchev–Trinajstić information content (AvgIpc) is 2.46. The van der Waals surface area contributed by atoms with Crippen LogP contribution in [0.15, 0.2) is 48.5 Å². The predicted octanol–water partition coefficient (Wildman–Crippen LogP) is 3.58. The fraction of sp³-hybridized carbons (Fsp3) is 0.0625. The third kappa shape index (κ3) is 3.37. The molecule has 0 N–H and O–H groups in total. The first kappa shape index (κ1) is 13.2. The zero-order valence-corrected chi connectivity index (χ0v) is 11.1. The lowest BCUT2D eigenvalue weighted by molar-refractivity contribution is 0.105. The molecule has 0 aromatic heterocycles. The highest BCUT2D eigenvalue weighted by molar-refractivity contribution is 6.32. The Hall–Kier alpha value is -2.24. The van der Waals surface area contributed by atoms with Gasteiger partial charge >= 0.3 is 0 Å². The molecule has 19 heavy (non-hydrogen) atoms. The van der Waals surface area contributed by atoms with Crippen LogP contribution in [0.5, 0.6) is 5.75 Å². The van der Waals surface area contributed by atoms with Crippen LogP contribution in [-0.4, -0.2) is 12.9 Å². The molecule has 0 heterocycles. The summed E-state index contributed by atoms with van der Waals surface area (Å²) in [4.78, 5) is 11.8. The van der Waals surface area contributed by atoms with Crippen LogP contribution in [0.1, 0.15) is 15.9 Å². The van der Waals surface area contributed by atoms with E-state index in [-0.39, 0.29) is 5.78 Å². The van der Waals surface area contributed by atoms with Crippen molar-refractivity contribution in [2.75, 3.05) is 7.11 Å². The summed E-state index contributed by atoms with van der Waals surface area (Å²) in [5.41, 5.74) is 1.25. The predicted molar refractivity (Wildman–Crippen MR) is 75.7 cm³/mol. The minimum absolute atomic E-state index is 0.215. The van der Waals surface area contributed by atoms with Crippen LogP contribution in [0.4, 0.5) is 0 Å². The monoisotopic (exact) mass is 270 g/mol. The molecule has 2 nitrogen and oxygen atoms in total. The van der Waals surface area contributed by atoms with Crippen molar-refractivity contribution in [1.29, 1.82) is 0 Å². The van der Waals surface area contributed by atoms with Gasteiger partial charge in [0.05, 0.1) is 12.1 Å². The van der Waals surface area contributed by atoms with E-state index >= 15 is 0 Å². The summed E-state index contributed by atoms with van der Waals surface area (Å²) in [5.74, 6) is 5.76. The van der Waals surface area contributed by atoms with Crippen molar-refractivity contribution in [1.82, 2.24) is 0 Å². The van der Waals surface area contributed by atoms with Gasteiger partial charge in [0.2, 0.25) is 5.78 Å². The third-order valence-corrected chi connectivity index (χ3v) is 2.80. The Morgan fingerprint density at radius 2 is 1.89 bits per heavy atom. The van der Waals surface area contributed by atoms with Gasteiger partial charge in [-0.2, -0.15) is 0 Å². The van der Waals surface area contributed by atoms with Gasteiger partial charge in [0.1, 0.15) is 5.75 Å². The summed E-state index contributed by atoms with van der Waals surface area (Å²) in [7, 11) is 1.55. The number of halogens is 1. The van der Waals surface area contributed by atoms with Crippen LogP contribution in [0.3, 0.4) is 0 Å². The molecule has 0 aliphatic carbocycles. The van der Waals surface area contributed by atoms with E-state index in [9.17, 15) is 4.79 Å². The zero-order valence-electron chi connectivity index (χ0n) is 10.3. The number of methoxy groups -OCH3 is 1. The number of carbonyl (C=O) groups excluding carboxylic acids is 1. The number of hydrogen-bond acceptors (Lipinski definition) is 2. The number of benzene rings is 2. The van der Waals surface area contributed by atoms with Crippen LogP contribution in [0.25, 0.3) is 0 Å². The summed E-state index contributed by atoms with van der Waals surface area (Å²) in [6, 6.07) is 14.1. The maximum absolute atomic E-state index is 11.8. The van der Waals surface area contributed by atoms with E-state index in [0.717, 1.165) is 0 Å². The van der Waals surface area contributed by atoms with Gasteiger partial charge in [-0.1, -0.05) is 47.9 Å². The summed E-state index contributed by atoms with van der Waals surface area (Å²) in [6.45, 7) is 0. The van der Waals surface area contributed by atoms with E-state index in [4.69, 9.17) is 16.3 Å². The van der Waals surface area contributed by atoms with E-state index in [1.807, 2.05) is 6.07 Å². The van der Waals surface area contributed by atoms with Gasteiger partial charge in [0.25, 0.3) is 0 Å². The molecular formula is C16H11ClO2. The van der Waals surface area contributed by atoms with Crippen molar-refractivity contribution < 1.29 is 9.53 Å². The van der Waals surface area contributed by atoms with Crippen molar-refractivity contribution in [2.24, 2.45) is 0 Å². The first-order valence-electron chi connectivity index (χ1n) is 5.65. The Kier molecular flexibility index (Phi) is 4.22. The van der Waals surface area contributed by atoms with Crippen molar-refractivity contribution in [3.05, 3.63) is 64.7 Å². The van der Waals surface area contributed by atoms with E-state index < -0.39 is 0 Å². The first-order valence-corrected chi connectivity index (χ1v) is 6.03. The normalized spacial score (nSPS) is 9.37. The van der Waals surface area contributed by atoms with Gasteiger partial charge in [-0.15, -0.1) is 0 Å². The Labute approximate surface area is 117 Å². The summed E-state index contributed by atoms with van der Waals surface area (Å²) >= 11 is 5.98. The number of ether oxygens (including phenoxy) is 1. The van der Waals surface area contributed by atoms with Crippen LogP contribution in [-0.2, 0) is 0 Å². The topological polar surface area (TPSA) is 26.3 Å². The average molecular weight is 271 g/mol. The summed E-state index contributed by atoms with van der Waals surface area (Å²) in [5, 5.41) is 0.474. The molecule has 2 aromatic rings. The smallest absolute Gasteiger partial charge is 0.236 e. The number of ketones is 1. The number of carbonyl (C=O) groups is 1. The summed E-state index contributed by atoms with van der Waals surface area (Å²) < 4.78 is 5.05. The number of rotatable bonds is 2. The molecule has 2 rings (SSSR count). The second-order valence-electron chi connectivity index (χ2n) is 3.79. The SMILES string of the molecule is COc1ccc(C#CC(=O)c2ccccc2)cc1Cl. The third-order valence-electron chi connectivity index (χ3n) is 2.51. The van der Waals surface area contributed by atoms with Crippen molar-refractivity contribution in [3.63, 3.8) is 0 Å². The molecule has 3 heteroatoms. The van der Waals surface area contributed by atoms with Crippen molar-refractivity contribution >= 4 is 17.4 Å². The minimum Gasteiger partial charge on any atom is -0.495 e. The van der Waals surface area contributed by atoms with Gasteiger partial charge in [0, 0.05) is 11.1 Å². The zero-order chi connectivity index (χ0) is 13.7. The highest BCUT2D eigenvalue weighted by atomic mass is 35.5. The van der Waals surface area contributed by atoms with Crippen molar-refractivity contribution in [3.8, 4) is 17.6 Å². The molecule has 0 fully saturated rings. The standard InChI is InChI=1S/C16H11ClO2/c1-19-16-10-8-12(11-14(16)17)7-9-15(18)13-5-3-2-4-6-13/h2-6,8,10-11H,1H3. The molecule has 0 spiro atoms. The highest BCUT2D eigenvalue weighted by Crippen LogP contribution is 2.24. The van der Waals surface area contributed by atoms with E-state index in [1.165, 1.54) is 0 Å². The van der Waals surface area contributed by atoms with Gasteiger partial charge in [-0.3, -0.25) is 4.79 Å². The lowest BCUT2D eigenvalue weighted by atomic mass is 10.1. The largest absolute Gasteiger partial charge is 0.495 e. The highest BCUT2D eigenvalue weighted by Gasteiger charge is 2.01. The van der Waals surface area contributed by atoms with E-state index in [1.54, 1.807) is 49.6 Å². The molecule has 0 aliphatic rings. The number of hydrogen-bond donors (Lipinski definition) is 0. The maximum atomic E-state index is 11.8. The molecule has 0 radical (unpaired) electrons. The molecule has 0 aliphatic heterocycles. The van der Waals surface area contributed by atoms with Gasteiger partial charge in [-0.05, 0) is 24.1 Å². The van der Waals surface area contributed by atoms with Gasteiger partial charge in [0.15, 0.2) is 0 Å². The molecule has 0 atom stereocenters. The van der Waals surface area contributed by atoms with Crippen molar-refractivity contribution in [2.45, 2.75) is 0 Å². The van der Waals surface area contributed by atoms with E-state index in [0.29, 0.717) is 21.9 Å². The number of Topliss-reactive ketones (excluding diaryl/α,β-unsaturated/α-hetero) is 1. The fourth-order valence-corrected chi connectivity index (χ4v) is 1.79. The Bertz CT molecular complexity index is 651. The Morgan fingerprint density at radius 3 is 2.53 bits per heavy atom. The molecule has 0 saturated carbocycles. The maximum Gasteiger partial charge on any atom is 0.236 e. The minimum atomic E-state index is -0.215. The second-order valence-corrected chi connectivity index (χ2v) is 4.20. The molecule has 0 unspecified atom stereocenters. The van der Waals surface area contributed by atoms with Crippen LogP contribution < -0.4 is 4.74 Å². The van der Waals surface area contributed by atoms with Gasteiger partial charge in [-0.25, -0.2) is 0 Å². The molecule has 94 valence electrons. The van der Waals surface area contributed by atoms with Crippen LogP contribution >= 0.6 is 11.6 Å². The fourth-order valence-electron chi connectivity index (χ4n) is 1.53. The molecule has 2 aromatic carbocycles. The van der Waals surface area contributed by atoms with Crippen LogP contribution in [0.2, 0.25) is 5.02 Å². The molecule has 0 amide bonds. The lowest BCUT2D eigenvalue weighted by Gasteiger charge is -2.01. The van der Waals surface area contributed by atoms with E-state index in [2.05, 4.69) is 11.8 Å². The molecule has 0 bridgehead atoms. The first-order chi connectivity index (χ1) is 9.20. The Morgan fingerprint density at radius 1 is 1.16 bits per heavy atom. The second kappa shape index (κ2) is 6.08. The molecular weight excluding hydrogens is 260 g/mol. The summed E-state index contributed by atoms with van der Waals surface area (Å²) in [6.07, 6.45) is 0.